The number of esters is 1. The third-order valence-corrected chi connectivity index (χ3v) is 2.44. The summed E-state index contributed by atoms with van der Waals surface area (Å²) in [5.41, 5.74) is 0.899. The zero-order valence-electron chi connectivity index (χ0n) is 7.09. The minimum absolute atomic E-state index is 0.307. The van der Waals surface area contributed by atoms with Crippen molar-refractivity contribution in [1.82, 2.24) is 9.55 Å². The highest BCUT2D eigenvalue weighted by Crippen LogP contribution is 2.15. The minimum atomic E-state index is -0.425. The van der Waals surface area contributed by atoms with Crippen LogP contribution in [0.1, 0.15) is 16.3 Å². The molecule has 12 heavy (non-hydrogen) atoms. The number of methoxy groups -OCH3 is 1. The maximum Gasteiger partial charge on any atom is 0.374 e. The van der Waals surface area contributed by atoms with Gasteiger partial charge in [0.1, 0.15) is 4.60 Å². The molecule has 0 N–H and O–H groups in total. The van der Waals surface area contributed by atoms with Crippen LogP contribution in [-0.2, 0) is 11.8 Å². The number of imidazole rings is 1. The van der Waals surface area contributed by atoms with Gasteiger partial charge in [-0.3, -0.25) is 0 Å². The largest absolute Gasteiger partial charge is 0.463 e. The molecule has 1 aromatic rings. The molecule has 66 valence electrons. The SMILES string of the molecule is COC(=O)c1nc(Br)c(C)n1C. The third-order valence-electron chi connectivity index (χ3n) is 1.69. The first kappa shape index (κ1) is 9.25. The maximum atomic E-state index is 11.1. The van der Waals surface area contributed by atoms with Gasteiger partial charge in [-0.25, -0.2) is 9.78 Å². The lowest BCUT2D eigenvalue weighted by atomic mass is 10.5. The van der Waals surface area contributed by atoms with Crippen LogP contribution in [0.3, 0.4) is 0 Å². The smallest absolute Gasteiger partial charge is 0.374 e. The molecule has 0 fully saturated rings. The number of ether oxygens (including phenoxy) is 1. The Labute approximate surface area is 78.7 Å². The lowest BCUT2D eigenvalue weighted by Crippen LogP contribution is -2.09. The summed E-state index contributed by atoms with van der Waals surface area (Å²) in [5, 5.41) is 0. The van der Waals surface area contributed by atoms with Gasteiger partial charge in [0.25, 0.3) is 0 Å². The van der Waals surface area contributed by atoms with Gasteiger partial charge in [0.2, 0.25) is 5.82 Å². The van der Waals surface area contributed by atoms with E-state index in [2.05, 4.69) is 25.7 Å². The molecule has 1 rings (SSSR count). The van der Waals surface area contributed by atoms with E-state index in [9.17, 15) is 4.79 Å². The summed E-state index contributed by atoms with van der Waals surface area (Å²) >= 11 is 3.22. The second-order valence-corrected chi connectivity index (χ2v) is 3.11. The average molecular weight is 233 g/mol. The van der Waals surface area contributed by atoms with Gasteiger partial charge in [-0.05, 0) is 22.9 Å². The highest BCUT2D eigenvalue weighted by molar-refractivity contribution is 9.10. The molecule has 0 aliphatic rings. The van der Waals surface area contributed by atoms with Gasteiger partial charge in [-0.15, -0.1) is 0 Å². The summed E-state index contributed by atoms with van der Waals surface area (Å²) in [6.07, 6.45) is 0. The van der Waals surface area contributed by atoms with Gasteiger partial charge in [0, 0.05) is 12.7 Å². The van der Waals surface area contributed by atoms with E-state index in [4.69, 9.17) is 0 Å². The van der Waals surface area contributed by atoms with Gasteiger partial charge in [0.15, 0.2) is 0 Å². The summed E-state index contributed by atoms with van der Waals surface area (Å²) in [5.74, 6) is -0.117. The zero-order valence-corrected chi connectivity index (χ0v) is 8.67. The van der Waals surface area contributed by atoms with E-state index in [0.717, 1.165) is 5.69 Å². The first-order valence-electron chi connectivity index (χ1n) is 3.35. The number of nitrogens with zero attached hydrogens (tertiary/aromatic N) is 2. The zero-order chi connectivity index (χ0) is 9.30. The molecule has 0 aromatic carbocycles. The molecule has 0 saturated heterocycles. The normalized spacial score (nSPS) is 10.0. The van der Waals surface area contributed by atoms with Crippen LogP contribution in [0.25, 0.3) is 0 Å². The number of rotatable bonds is 1. The van der Waals surface area contributed by atoms with Crippen LogP contribution < -0.4 is 0 Å². The van der Waals surface area contributed by atoms with Crippen molar-refractivity contribution in [3.8, 4) is 0 Å². The van der Waals surface area contributed by atoms with E-state index in [-0.39, 0.29) is 0 Å². The molecule has 1 aromatic heterocycles. The molecule has 4 nitrogen and oxygen atoms in total. The fourth-order valence-electron chi connectivity index (χ4n) is 0.820. The molecule has 0 bridgehead atoms. The van der Waals surface area contributed by atoms with Crippen LogP contribution in [0.15, 0.2) is 4.60 Å². The molecule has 0 spiro atoms. The van der Waals surface area contributed by atoms with Gasteiger partial charge in [0.05, 0.1) is 7.11 Å². The molecule has 0 saturated carbocycles. The quantitative estimate of drug-likeness (QED) is 0.686. The fraction of sp³-hybridized carbons (Fsp3) is 0.429. The van der Waals surface area contributed by atoms with Gasteiger partial charge in [-0.2, -0.15) is 0 Å². The molecule has 5 heteroatoms. The number of hydrogen-bond acceptors (Lipinski definition) is 3. The predicted octanol–water partition coefficient (Wildman–Crippen LogP) is 1.28. The maximum absolute atomic E-state index is 11.1. The van der Waals surface area contributed by atoms with Gasteiger partial charge < -0.3 is 9.30 Å². The van der Waals surface area contributed by atoms with E-state index in [1.54, 1.807) is 11.6 Å². The molecular formula is C7H9BrN2O2. The molecule has 0 aliphatic heterocycles. The molecular weight excluding hydrogens is 224 g/mol. The topological polar surface area (TPSA) is 44.1 Å². The summed E-state index contributed by atoms with van der Waals surface area (Å²) in [7, 11) is 3.10. The van der Waals surface area contributed by atoms with Crippen LogP contribution in [0, 0.1) is 6.92 Å². The average Bonchev–Trinajstić information content (AvgIpc) is 2.32. The molecule has 1 heterocycles. The summed E-state index contributed by atoms with van der Waals surface area (Å²) in [6, 6.07) is 0. The number of carbonyl (C=O) groups is 1. The van der Waals surface area contributed by atoms with Crippen molar-refractivity contribution in [2.75, 3.05) is 7.11 Å². The Bertz CT molecular complexity index is 319. The summed E-state index contributed by atoms with van der Waals surface area (Å²) in [6.45, 7) is 1.86. The lowest BCUT2D eigenvalue weighted by molar-refractivity contribution is 0.0582. The van der Waals surface area contributed by atoms with Crippen LogP contribution in [0.5, 0.6) is 0 Å². The molecule has 0 radical (unpaired) electrons. The van der Waals surface area contributed by atoms with Crippen molar-refractivity contribution >= 4 is 21.9 Å². The van der Waals surface area contributed by atoms with Crippen molar-refractivity contribution in [2.24, 2.45) is 7.05 Å². The van der Waals surface area contributed by atoms with Crippen molar-refractivity contribution in [3.05, 3.63) is 16.1 Å². The monoisotopic (exact) mass is 232 g/mol. The Balaban J connectivity index is 3.17. The first-order valence-corrected chi connectivity index (χ1v) is 4.14. The fourth-order valence-corrected chi connectivity index (χ4v) is 1.25. The van der Waals surface area contributed by atoms with Crippen molar-refractivity contribution in [2.45, 2.75) is 6.92 Å². The Morgan fingerprint density at radius 3 is 2.58 bits per heavy atom. The van der Waals surface area contributed by atoms with Crippen molar-refractivity contribution in [3.63, 3.8) is 0 Å². The highest BCUT2D eigenvalue weighted by atomic mass is 79.9. The summed E-state index contributed by atoms with van der Waals surface area (Å²) < 4.78 is 6.89. The molecule has 0 amide bonds. The van der Waals surface area contributed by atoms with Crippen molar-refractivity contribution in [1.29, 1.82) is 0 Å². The number of carbonyl (C=O) groups excluding carboxylic acids is 1. The van der Waals surface area contributed by atoms with E-state index < -0.39 is 5.97 Å². The van der Waals surface area contributed by atoms with Gasteiger partial charge >= 0.3 is 5.97 Å². The third kappa shape index (κ3) is 1.36. The van der Waals surface area contributed by atoms with E-state index in [0.29, 0.717) is 10.4 Å². The van der Waals surface area contributed by atoms with Crippen molar-refractivity contribution < 1.29 is 9.53 Å². The molecule has 0 atom stereocenters. The van der Waals surface area contributed by atoms with Crippen LogP contribution in [0.2, 0.25) is 0 Å². The second kappa shape index (κ2) is 3.26. The lowest BCUT2D eigenvalue weighted by Gasteiger charge is -1.99. The Morgan fingerprint density at radius 1 is 1.67 bits per heavy atom. The Hall–Kier alpha value is -0.840. The van der Waals surface area contributed by atoms with E-state index >= 15 is 0 Å². The first-order chi connectivity index (χ1) is 5.57. The Kier molecular flexibility index (Phi) is 2.52. The standard InChI is InChI=1S/C7H9BrN2O2/c1-4-5(8)9-6(10(4)2)7(11)12-3/h1-3H3. The van der Waals surface area contributed by atoms with Crippen LogP contribution in [0.4, 0.5) is 0 Å². The molecule has 0 unspecified atom stereocenters. The number of halogens is 1. The van der Waals surface area contributed by atoms with E-state index in [1.807, 2.05) is 6.92 Å². The number of aromatic nitrogens is 2. The van der Waals surface area contributed by atoms with E-state index in [1.165, 1.54) is 7.11 Å². The predicted molar refractivity (Wildman–Crippen MR) is 47.0 cm³/mol. The number of hydrogen-bond donors (Lipinski definition) is 0. The Morgan fingerprint density at radius 2 is 2.25 bits per heavy atom. The van der Waals surface area contributed by atoms with Crippen LogP contribution in [-0.4, -0.2) is 22.6 Å². The molecule has 0 aliphatic carbocycles. The minimum Gasteiger partial charge on any atom is -0.463 e. The highest BCUT2D eigenvalue weighted by Gasteiger charge is 2.15. The second-order valence-electron chi connectivity index (χ2n) is 2.36. The van der Waals surface area contributed by atoms with Gasteiger partial charge in [-0.1, -0.05) is 0 Å². The summed E-state index contributed by atoms with van der Waals surface area (Å²) in [4.78, 5) is 15.1. The van der Waals surface area contributed by atoms with Crippen LogP contribution >= 0.6 is 15.9 Å².